The molecule has 0 saturated carbocycles. The van der Waals surface area contributed by atoms with Gasteiger partial charge in [0, 0.05) is 18.8 Å². The van der Waals surface area contributed by atoms with Gasteiger partial charge in [-0.25, -0.2) is 4.98 Å². The number of anilines is 1. The van der Waals surface area contributed by atoms with E-state index in [9.17, 15) is 0 Å². The highest BCUT2D eigenvalue weighted by Gasteiger charge is 2.03. The summed E-state index contributed by atoms with van der Waals surface area (Å²) in [5, 5.41) is 3.83. The molecule has 1 rings (SSSR count). The third-order valence-corrected chi connectivity index (χ3v) is 2.95. The van der Waals surface area contributed by atoms with Gasteiger partial charge in [0.1, 0.15) is 5.82 Å². The molecule has 0 aliphatic heterocycles. The fourth-order valence-corrected chi connectivity index (χ4v) is 1.90. The summed E-state index contributed by atoms with van der Waals surface area (Å²) in [7, 11) is 0. The van der Waals surface area contributed by atoms with Crippen LogP contribution in [0.15, 0.2) is 16.7 Å². The molecule has 0 bridgehead atoms. The van der Waals surface area contributed by atoms with E-state index in [1.165, 1.54) is 0 Å². The maximum absolute atomic E-state index is 5.81. The molecule has 1 heterocycles. The zero-order valence-corrected chi connectivity index (χ0v) is 11.0. The molecule has 0 amide bonds. The van der Waals surface area contributed by atoms with Crippen molar-refractivity contribution in [2.45, 2.75) is 25.8 Å². The SMILES string of the molecule is CCC(N)CCNc1ncc(Cl)cc1Br. The molecule has 0 radical (unpaired) electrons. The summed E-state index contributed by atoms with van der Waals surface area (Å²) in [4.78, 5) is 4.17. The lowest BCUT2D eigenvalue weighted by atomic mass is 10.2. The summed E-state index contributed by atoms with van der Waals surface area (Å²) in [6.07, 6.45) is 3.55. The smallest absolute Gasteiger partial charge is 0.140 e. The first-order valence-electron chi connectivity index (χ1n) is 4.94. The van der Waals surface area contributed by atoms with Crippen molar-refractivity contribution < 1.29 is 0 Å². The highest BCUT2D eigenvalue weighted by atomic mass is 79.9. The van der Waals surface area contributed by atoms with Crippen LogP contribution in [0.5, 0.6) is 0 Å². The Morgan fingerprint density at radius 2 is 2.40 bits per heavy atom. The molecule has 0 saturated heterocycles. The molecule has 84 valence electrons. The summed E-state index contributed by atoms with van der Waals surface area (Å²) in [5.41, 5.74) is 5.81. The van der Waals surface area contributed by atoms with Gasteiger partial charge in [0.25, 0.3) is 0 Å². The molecule has 0 fully saturated rings. The minimum absolute atomic E-state index is 0.253. The highest BCUT2D eigenvalue weighted by molar-refractivity contribution is 9.10. The van der Waals surface area contributed by atoms with Crippen molar-refractivity contribution >= 4 is 33.3 Å². The van der Waals surface area contributed by atoms with E-state index >= 15 is 0 Å². The Balaban J connectivity index is 2.44. The van der Waals surface area contributed by atoms with Gasteiger partial charge in [-0.2, -0.15) is 0 Å². The second kappa shape index (κ2) is 6.30. The van der Waals surface area contributed by atoms with Crippen molar-refractivity contribution in [3.8, 4) is 0 Å². The van der Waals surface area contributed by atoms with Crippen LogP contribution in [-0.4, -0.2) is 17.6 Å². The van der Waals surface area contributed by atoms with Gasteiger partial charge >= 0.3 is 0 Å². The molecule has 3 nitrogen and oxygen atoms in total. The summed E-state index contributed by atoms with van der Waals surface area (Å²) in [6, 6.07) is 2.07. The van der Waals surface area contributed by atoms with Gasteiger partial charge in [0.05, 0.1) is 9.50 Å². The average molecular weight is 293 g/mol. The van der Waals surface area contributed by atoms with E-state index in [1.54, 1.807) is 6.20 Å². The van der Waals surface area contributed by atoms with Gasteiger partial charge in [-0.05, 0) is 34.8 Å². The first-order chi connectivity index (χ1) is 7.13. The van der Waals surface area contributed by atoms with Crippen LogP contribution in [0, 0.1) is 0 Å². The molecule has 0 aliphatic rings. The van der Waals surface area contributed by atoms with Crippen LogP contribution < -0.4 is 11.1 Å². The Morgan fingerprint density at radius 1 is 1.67 bits per heavy atom. The molecular formula is C10H15BrClN3. The number of pyridine rings is 1. The van der Waals surface area contributed by atoms with E-state index in [2.05, 4.69) is 33.2 Å². The Bertz CT molecular complexity index is 320. The number of hydrogen-bond donors (Lipinski definition) is 2. The maximum atomic E-state index is 5.81. The Hall–Kier alpha value is -0.320. The van der Waals surface area contributed by atoms with Gasteiger partial charge in [-0.15, -0.1) is 0 Å². The van der Waals surface area contributed by atoms with E-state index < -0.39 is 0 Å². The zero-order valence-electron chi connectivity index (χ0n) is 8.63. The number of nitrogens with two attached hydrogens (primary N) is 1. The number of halogens is 2. The quantitative estimate of drug-likeness (QED) is 0.877. The van der Waals surface area contributed by atoms with Gasteiger partial charge in [0.15, 0.2) is 0 Å². The fraction of sp³-hybridized carbons (Fsp3) is 0.500. The zero-order chi connectivity index (χ0) is 11.3. The van der Waals surface area contributed by atoms with Crippen molar-refractivity contribution in [2.75, 3.05) is 11.9 Å². The summed E-state index contributed by atoms with van der Waals surface area (Å²) >= 11 is 9.17. The first-order valence-corrected chi connectivity index (χ1v) is 6.11. The monoisotopic (exact) mass is 291 g/mol. The third-order valence-electron chi connectivity index (χ3n) is 2.14. The van der Waals surface area contributed by atoms with E-state index in [0.717, 1.165) is 29.7 Å². The number of rotatable bonds is 5. The first kappa shape index (κ1) is 12.7. The lowest BCUT2D eigenvalue weighted by Crippen LogP contribution is -2.22. The fourth-order valence-electron chi connectivity index (χ4n) is 1.12. The van der Waals surface area contributed by atoms with Gasteiger partial charge in [-0.1, -0.05) is 18.5 Å². The maximum Gasteiger partial charge on any atom is 0.140 e. The second-order valence-electron chi connectivity index (χ2n) is 3.37. The number of nitrogens with one attached hydrogen (secondary N) is 1. The van der Waals surface area contributed by atoms with Crippen molar-refractivity contribution in [3.05, 3.63) is 21.8 Å². The molecule has 0 aromatic carbocycles. The van der Waals surface area contributed by atoms with Crippen molar-refractivity contribution in [2.24, 2.45) is 5.73 Å². The van der Waals surface area contributed by atoms with E-state index in [1.807, 2.05) is 6.07 Å². The standard InChI is InChI=1S/C10H15BrClN3/c1-2-8(13)3-4-14-10-9(11)5-7(12)6-15-10/h5-6,8H,2-4,13H2,1H3,(H,14,15). The number of hydrogen-bond acceptors (Lipinski definition) is 3. The number of aromatic nitrogens is 1. The second-order valence-corrected chi connectivity index (χ2v) is 4.66. The normalized spacial score (nSPS) is 12.5. The van der Waals surface area contributed by atoms with Crippen LogP contribution in [0.1, 0.15) is 19.8 Å². The predicted octanol–water partition coefficient (Wildman–Crippen LogP) is 3.04. The molecule has 0 spiro atoms. The lowest BCUT2D eigenvalue weighted by Gasteiger charge is -2.10. The van der Waals surface area contributed by atoms with Crippen LogP contribution >= 0.6 is 27.5 Å². The Kier molecular flexibility index (Phi) is 5.36. The molecule has 1 atom stereocenters. The summed E-state index contributed by atoms with van der Waals surface area (Å²) < 4.78 is 0.875. The molecule has 3 N–H and O–H groups in total. The van der Waals surface area contributed by atoms with E-state index in [0.29, 0.717) is 5.02 Å². The largest absolute Gasteiger partial charge is 0.369 e. The topological polar surface area (TPSA) is 50.9 Å². The van der Waals surface area contributed by atoms with Crippen LogP contribution in [0.3, 0.4) is 0 Å². The van der Waals surface area contributed by atoms with Crippen LogP contribution in [0.4, 0.5) is 5.82 Å². The van der Waals surface area contributed by atoms with Crippen molar-refractivity contribution in [1.29, 1.82) is 0 Å². The number of nitrogens with zero attached hydrogens (tertiary/aromatic N) is 1. The lowest BCUT2D eigenvalue weighted by molar-refractivity contribution is 0.613. The molecule has 1 aromatic rings. The Labute approximate surface area is 104 Å². The van der Waals surface area contributed by atoms with Crippen LogP contribution in [-0.2, 0) is 0 Å². The minimum Gasteiger partial charge on any atom is -0.369 e. The molecular weight excluding hydrogens is 277 g/mol. The van der Waals surface area contributed by atoms with Crippen LogP contribution in [0.2, 0.25) is 5.02 Å². The molecule has 0 aliphatic carbocycles. The summed E-state index contributed by atoms with van der Waals surface area (Å²) in [5.74, 6) is 0.808. The van der Waals surface area contributed by atoms with Gasteiger partial charge in [-0.3, -0.25) is 0 Å². The van der Waals surface area contributed by atoms with E-state index in [-0.39, 0.29) is 6.04 Å². The molecule has 15 heavy (non-hydrogen) atoms. The van der Waals surface area contributed by atoms with Gasteiger partial charge in [0.2, 0.25) is 0 Å². The molecule has 1 unspecified atom stereocenters. The Morgan fingerprint density at radius 3 is 3.00 bits per heavy atom. The average Bonchev–Trinajstić information content (AvgIpc) is 2.21. The minimum atomic E-state index is 0.253. The summed E-state index contributed by atoms with van der Waals surface area (Å²) in [6.45, 7) is 2.91. The predicted molar refractivity (Wildman–Crippen MR) is 68.3 cm³/mol. The highest BCUT2D eigenvalue weighted by Crippen LogP contribution is 2.22. The molecule has 5 heteroatoms. The van der Waals surface area contributed by atoms with Crippen LogP contribution in [0.25, 0.3) is 0 Å². The van der Waals surface area contributed by atoms with Crippen molar-refractivity contribution in [3.63, 3.8) is 0 Å². The molecule has 1 aromatic heterocycles. The van der Waals surface area contributed by atoms with Crippen molar-refractivity contribution in [1.82, 2.24) is 4.98 Å². The third kappa shape index (κ3) is 4.36. The van der Waals surface area contributed by atoms with E-state index in [4.69, 9.17) is 17.3 Å². The van der Waals surface area contributed by atoms with Gasteiger partial charge < -0.3 is 11.1 Å².